The lowest BCUT2D eigenvalue weighted by atomic mass is 10.2. The fourth-order valence-corrected chi connectivity index (χ4v) is 3.65. The molecule has 0 aliphatic carbocycles. The van der Waals surface area contributed by atoms with Crippen LogP contribution in [0.1, 0.15) is 10.4 Å². The lowest BCUT2D eigenvalue weighted by Crippen LogP contribution is -2.29. The van der Waals surface area contributed by atoms with Crippen LogP contribution in [0.25, 0.3) is 0 Å². The van der Waals surface area contributed by atoms with Gasteiger partial charge in [0.2, 0.25) is 5.13 Å². The molecule has 9 heteroatoms. The molecule has 0 bridgehead atoms. The molecule has 0 radical (unpaired) electrons. The van der Waals surface area contributed by atoms with Gasteiger partial charge in [-0.1, -0.05) is 41.1 Å². The molecule has 7 nitrogen and oxygen atoms in total. The van der Waals surface area contributed by atoms with Gasteiger partial charge in [0.05, 0.1) is 29.5 Å². The van der Waals surface area contributed by atoms with Crippen molar-refractivity contribution < 1.29 is 10.2 Å². The molecule has 2 aromatic carbocycles. The van der Waals surface area contributed by atoms with Crippen molar-refractivity contribution in [3.05, 3.63) is 64.1 Å². The first-order chi connectivity index (χ1) is 14.6. The fourth-order valence-electron chi connectivity index (χ4n) is 2.70. The highest BCUT2D eigenvalue weighted by molar-refractivity contribution is 7.17. The molecule has 0 aliphatic rings. The van der Waals surface area contributed by atoms with E-state index in [2.05, 4.69) is 20.2 Å². The molecule has 0 amide bonds. The van der Waals surface area contributed by atoms with E-state index in [1.165, 1.54) is 11.3 Å². The van der Waals surface area contributed by atoms with Crippen molar-refractivity contribution in [2.75, 3.05) is 31.2 Å². The molecule has 3 rings (SSSR count). The molecular weight excluding hydrogens is 422 g/mol. The third-order valence-electron chi connectivity index (χ3n) is 4.24. The highest BCUT2D eigenvalue weighted by Crippen LogP contribution is 2.30. The van der Waals surface area contributed by atoms with Gasteiger partial charge in [-0.15, -0.1) is 10.2 Å². The van der Waals surface area contributed by atoms with E-state index < -0.39 is 0 Å². The summed E-state index contributed by atoms with van der Waals surface area (Å²) >= 11 is 7.52. The second kappa shape index (κ2) is 10.9. The summed E-state index contributed by atoms with van der Waals surface area (Å²) in [6.07, 6.45) is 1.69. The number of aliphatic hydroxyl groups is 2. The minimum absolute atomic E-state index is 0.0156. The maximum Gasteiger partial charge on any atom is 0.232 e. The van der Waals surface area contributed by atoms with Gasteiger partial charge in [-0.25, -0.2) is 4.98 Å². The number of hydrogen-bond donors (Lipinski definition) is 2. The number of nitrogens with zero attached hydrogens (tertiary/aromatic N) is 5. The van der Waals surface area contributed by atoms with E-state index in [9.17, 15) is 0 Å². The van der Waals surface area contributed by atoms with Crippen LogP contribution < -0.4 is 4.90 Å². The molecule has 156 valence electrons. The number of rotatable bonds is 9. The molecule has 2 N–H and O–H groups in total. The lowest BCUT2D eigenvalue weighted by molar-refractivity contribution is 0.281. The summed E-state index contributed by atoms with van der Waals surface area (Å²) in [5.41, 5.74) is 3.51. The number of halogens is 1. The standard InChI is InChI=1S/C21H22ClN5O2S/c1-15-4-2-3-5-18(15)23-14-19-20(22)24-21(30-19)26-25-16-6-8-17(9-7-16)27(10-12-28)11-13-29/h2-9,14,28-29H,10-13H2,1H3. The Kier molecular flexibility index (Phi) is 8.04. The Hall–Kier alpha value is -2.65. The van der Waals surface area contributed by atoms with E-state index in [1.807, 2.05) is 60.4 Å². The second-order valence-corrected chi connectivity index (χ2v) is 7.71. The Morgan fingerprint density at radius 3 is 2.40 bits per heavy atom. The second-order valence-electron chi connectivity index (χ2n) is 6.35. The first-order valence-corrected chi connectivity index (χ1v) is 10.5. The zero-order valence-electron chi connectivity index (χ0n) is 16.4. The zero-order valence-corrected chi connectivity index (χ0v) is 18.0. The number of azo groups is 1. The van der Waals surface area contributed by atoms with Gasteiger partial charge in [0.1, 0.15) is 0 Å². The van der Waals surface area contributed by atoms with Crippen molar-refractivity contribution in [1.29, 1.82) is 0 Å². The van der Waals surface area contributed by atoms with Crippen molar-refractivity contribution in [2.45, 2.75) is 6.92 Å². The highest BCUT2D eigenvalue weighted by atomic mass is 35.5. The minimum atomic E-state index is 0.0156. The summed E-state index contributed by atoms with van der Waals surface area (Å²) in [5.74, 6) is 0. The number of aliphatic imine (C=N–C) groups is 1. The van der Waals surface area contributed by atoms with Gasteiger partial charge in [0.25, 0.3) is 0 Å². The Balaban J connectivity index is 1.69. The minimum Gasteiger partial charge on any atom is -0.395 e. The topological polar surface area (TPSA) is 93.7 Å². The number of aliphatic hydroxyl groups excluding tert-OH is 2. The number of aromatic nitrogens is 1. The van der Waals surface area contributed by atoms with Gasteiger partial charge >= 0.3 is 0 Å². The molecule has 0 aliphatic heterocycles. The van der Waals surface area contributed by atoms with Crippen molar-refractivity contribution in [3.8, 4) is 0 Å². The van der Waals surface area contributed by atoms with Crippen LogP contribution >= 0.6 is 22.9 Å². The summed E-state index contributed by atoms with van der Waals surface area (Å²) < 4.78 is 0. The Morgan fingerprint density at radius 2 is 1.73 bits per heavy atom. The molecule has 1 heterocycles. The predicted molar refractivity (Wildman–Crippen MR) is 123 cm³/mol. The van der Waals surface area contributed by atoms with Crippen LogP contribution in [0, 0.1) is 6.92 Å². The van der Waals surface area contributed by atoms with Crippen LogP contribution in [-0.4, -0.2) is 47.7 Å². The van der Waals surface area contributed by atoms with Crippen LogP contribution in [0.15, 0.2) is 63.8 Å². The normalized spacial score (nSPS) is 11.6. The van der Waals surface area contributed by atoms with Crippen molar-refractivity contribution in [3.63, 3.8) is 0 Å². The van der Waals surface area contributed by atoms with E-state index in [1.54, 1.807) is 6.21 Å². The van der Waals surface area contributed by atoms with Crippen molar-refractivity contribution >= 4 is 51.3 Å². The van der Waals surface area contributed by atoms with Crippen LogP contribution in [-0.2, 0) is 0 Å². The Morgan fingerprint density at radius 1 is 1.03 bits per heavy atom. The molecule has 0 saturated carbocycles. The van der Waals surface area contributed by atoms with Crippen LogP contribution in [0.5, 0.6) is 0 Å². The van der Waals surface area contributed by atoms with Gasteiger partial charge < -0.3 is 15.1 Å². The average Bonchev–Trinajstić information content (AvgIpc) is 3.11. The quantitative estimate of drug-likeness (QED) is 0.357. The molecular formula is C21H22ClN5O2S. The molecule has 1 aromatic heterocycles. The van der Waals surface area contributed by atoms with E-state index in [0.717, 1.165) is 16.9 Å². The largest absolute Gasteiger partial charge is 0.395 e. The van der Waals surface area contributed by atoms with Gasteiger partial charge in [-0.2, -0.15) is 0 Å². The van der Waals surface area contributed by atoms with Gasteiger partial charge in [0.15, 0.2) is 5.15 Å². The molecule has 0 spiro atoms. The first-order valence-electron chi connectivity index (χ1n) is 9.35. The highest BCUT2D eigenvalue weighted by Gasteiger charge is 2.08. The third kappa shape index (κ3) is 5.93. The average molecular weight is 444 g/mol. The monoisotopic (exact) mass is 443 g/mol. The van der Waals surface area contributed by atoms with Crippen LogP contribution in [0.2, 0.25) is 5.15 Å². The van der Waals surface area contributed by atoms with E-state index >= 15 is 0 Å². The van der Waals surface area contributed by atoms with E-state index in [4.69, 9.17) is 21.8 Å². The van der Waals surface area contributed by atoms with Crippen LogP contribution in [0.3, 0.4) is 0 Å². The lowest BCUT2D eigenvalue weighted by Gasteiger charge is -2.22. The predicted octanol–water partition coefficient (Wildman–Crippen LogP) is 5.06. The van der Waals surface area contributed by atoms with Crippen molar-refractivity contribution in [2.24, 2.45) is 15.2 Å². The van der Waals surface area contributed by atoms with Gasteiger partial charge in [-0.3, -0.25) is 4.99 Å². The number of benzene rings is 2. The summed E-state index contributed by atoms with van der Waals surface area (Å²) in [7, 11) is 0. The molecule has 0 fully saturated rings. The fraction of sp³-hybridized carbons (Fsp3) is 0.238. The molecule has 0 atom stereocenters. The van der Waals surface area contributed by atoms with Crippen molar-refractivity contribution in [1.82, 2.24) is 4.98 Å². The first kappa shape index (κ1) is 22.0. The smallest absolute Gasteiger partial charge is 0.232 e. The number of anilines is 1. The van der Waals surface area contributed by atoms with E-state index in [0.29, 0.717) is 33.9 Å². The number of thiazole rings is 1. The van der Waals surface area contributed by atoms with Crippen LogP contribution in [0.4, 0.5) is 22.2 Å². The Labute approximate surface area is 184 Å². The number of aryl methyl sites for hydroxylation is 1. The third-order valence-corrected chi connectivity index (χ3v) is 5.51. The van der Waals surface area contributed by atoms with E-state index in [-0.39, 0.29) is 13.2 Å². The summed E-state index contributed by atoms with van der Waals surface area (Å²) in [5, 5.41) is 27.5. The maximum atomic E-state index is 9.15. The number of hydrogen-bond acceptors (Lipinski definition) is 8. The summed E-state index contributed by atoms with van der Waals surface area (Å²) in [6.45, 7) is 2.93. The maximum absolute atomic E-state index is 9.15. The number of para-hydroxylation sites is 1. The molecule has 0 unspecified atom stereocenters. The van der Waals surface area contributed by atoms with Gasteiger partial charge in [0, 0.05) is 25.0 Å². The zero-order chi connectivity index (χ0) is 21.3. The summed E-state index contributed by atoms with van der Waals surface area (Å²) in [4.78, 5) is 11.3. The molecule has 0 saturated heterocycles. The Bertz CT molecular complexity index is 1010. The molecule has 3 aromatic rings. The SMILES string of the molecule is Cc1ccccc1N=Cc1sc(N=Nc2ccc(N(CCO)CCO)cc2)nc1Cl. The summed E-state index contributed by atoms with van der Waals surface area (Å²) in [6, 6.07) is 15.2. The van der Waals surface area contributed by atoms with Gasteiger partial charge in [-0.05, 0) is 42.8 Å². The molecule has 30 heavy (non-hydrogen) atoms.